The minimum absolute atomic E-state index is 0.103. The molecule has 6 heteroatoms. The summed E-state index contributed by atoms with van der Waals surface area (Å²) >= 11 is 6.57. The maximum absolute atomic E-state index is 6.84. The second kappa shape index (κ2) is 8.64. The van der Waals surface area contributed by atoms with Crippen molar-refractivity contribution in [2.24, 2.45) is 5.10 Å². The summed E-state index contributed by atoms with van der Waals surface area (Å²) in [7, 11) is 1.71. The molecule has 0 amide bonds. The maximum Gasteiger partial charge on any atom is 0.200 e. The molecular weight excluding hydrogens is 446 g/mol. The van der Waals surface area contributed by atoms with Crippen molar-refractivity contribution in [1.82, 2.24) is 9.91 Å². The Morgan fingerprint density at radius 3 is 2.53 bits per heavy atom. The Labute approximate surface area is 205 Å². The fraction of sp³-hybridized carbons (Fsp3) is 0.321. The molecule has 5 nitrogen and oxygen atoms in total. The van der Waals surface area contributed by atoms with Crippen LogP contribution in [0.3, 0.4) is 0 Å². The molecule has 174 valence electrons. The van der Waals surface area contributed by atoms with E-state index in [0.29, 0.717) is 0 Å². The van der Waals surface area contributed by atoms with E-state index >= 15 is 0 Å². The van der Waals surface area contributed by atoms with Crippen LogP contribution in [0.2, 0.25) is 5.02 Å². The minimum atomic E-state index is -0.498. The molecule has 3 aliphatic rings. The molecule has 34 heavy (non-hydrogen) atoms. The summed E-state index contributed by atoms with van der Waals surface area (Å²) in [5.74, 6) is 1.65. The van der Waals surface area contributed by atoms with E-state index in [9.17, 15) is 0 Å². The average molecular weight is 474 g/mol. The number of para-hydroxylation sites is 1. The predicted octanol–water partition coefficient (Wildman–Crippen LogP) is 5.88. The van der Waals surface area contributed by atoms with Gasteiger partial charge in [0.05, 0.1) is 18.9 Å². The number of halogens is 1. The molecule has 0 saturated carbocycles. The number of hydrazone groups is 1. The van der Waals surface area contributed by atoms with Crippen molar-refractivity contribution < 1.29 is 9.47 Å². The molecule has 1 spiro atoms. The molecule has 6 rings (SSSR count). The van der Waals surface area contributed by atoms with Crippen molar-refractivity contribution in [1.29, 1.82) is 0 Å². The van der Waals surface area contributed by atoms with Gasteiger partial charge >= 0.3 is 0 Å². The van der Waals surface area contributed by atoms with Gasteiger partial charge in [-0.1, -0.05) is 72.3 Å². The number of likely N-dealkylation sites (tertiary alicyclic amines) is 1. The molecule has 0 aliphatic carbocycles. The van der Waals surface area contributed by atoms with Crippen molar-refractivity contribution in [3.8, 4) is 11.5 Å². The Hall–Kier alpha value is -3.02. The lowest BCUT2D eigenvalue weighted by Gasteiger charge is -2.51. The summed E-state index contributed by atoms with van der Waals surface area (Å²) < 4.78 is 12.6. The van der Waals surface area contributed by atoms with Gasteiger partial charge in [0, 0.05) is 55.0 Å². The van der Waals surface area contributed by atoms with E-state index in [0.717, 1.165) is 72.3 Å². The van der Waals surface area contributed by atoms with Crippen LogP contribution in [0.4, 0.5) is 0 Å². The number of fused-ring (bicyclic) bond motifs is 4. The van der Waals surface area contributed by atoms with Gasteiger partial charge in [-0.25, -0.2) is 5.01 Å². The number of methoxy groups -OCH3 is 1. The lowest BCUT2D eigenvalue weighted by atomic mass is 9.90. The van der Waals surface area contributed by atoms with Crippen LogP contribution in [0.15, 0.2) is 77.9 Å². The lowest BCUT2D eigenvalue weighted by Crippen LogP contribution is -2.59. The quantitative estimate of drug-likeness (QED) is 0.474. The van der Waals surface area contributed by atoms with Crippen LogP contribution in [0.5, 0.6) is 11.5 Å². The molecule has 3 heterocycles. The van der Waals surface area contributed by atoms with Gasteiger partial charge < -0.3 is 9.47 Å². The number of benzene rings is 3. The van der Waals surface area contributed by atoms with Crippen LogP contribution in [0.1, 0.15) is 42.0 Å². The highest BCUT2D eigenvalue weighted by Gasteiger charge is 2.52. The van der Waals surface area contributed by atoms with Crippen LogP contribution in [-0.4, -0.2) is 41.5 Å². The Balaban J connectivity index is 1.34. The van der Waals surface area contributed by atoms with Crippen molar-refractivity contribution in [2.45, 2.75) is 37.6 Å². The third kappa shape index (κ3) is 3.64. The first kappa shape index (κ1) is 21.5. The van der Waals surface area contributed by atoms with E-state index in [1.807, 2.05) is 30.3 Å². The summed E-state index contributed by atoms with van der Waals surface area (Å²) in [6.45, 7) is 2.84. The summed E-state index contributed by atoms with van der Waals surface area (Å²) in [5, 5.41) is 8.13. The zero-order valence-electron chi connectivity index (χ0n) is 19.3. The zero-order valence-corrected chi connectivity index (χ0v) is 20.0. The van der Waals surface area contributed by atoms with Crippen molar-refractivity contribution in [3.63, 3.8) is 0 Å². The largest absolute Gasteiger partial charge is 0.493 e. The zero-order chi connectivity index (χ0) is 23.1. The number of piperidine rings is 1. The van der Waals surface area contributed by atoms with Gasteiger partial charge in [0.15, 0.2) is 11.5 Å². The first-order valence-corrected chi connectivity index (χ1v) is 12.3. The number of hydrogen-bond acceptors (Lipinski definition) is 5. The fourth-order valence-electron chi connectivity index (χ4n) is 5.52. The number of rotatable bonds is 4. The second-order valence-electron chi connectivity index (χ2n) is 9.28. The maximum atomic E-state index is 6.84. The molecule has 0 aromatic heterocycles. The number of nitrogens with zero attached hydrogens (tertiary/aromatic N) is 3. The van der Waals surface area contributed by atoms with Gasteiger partial charge in [-0.15, -0.1) is 0 Å². The Bertz CT molecular complexity index is 1220. The van der Waals surface area contributed by atoms with Crippen LogP contribution >= 0.6 is 11.6 Å². The highest BCUT2D eigenvalue weighted by Crippen LogP contribution is 2.53. The average Bonchev–Trinajstić information content (AvgIpc) is 3.33. The topological polar surface area (TPSA) is 37.3 Å². The fourth-order valence-corrected chi connectivity index (χ4v) is 5.77. The van der Waals surface area contributed by atoms with E-state index in [1.54, 1.807) is 7.11 Å². The minimum Gasteiger partial charge on any atom is -0.493 e. The third-order valence-corrected chi connectivity index (χ3v) is 7.61. The monoisotopic (exact) mass is 473 g/mol. The molecule has 0 N–H and O–H groups in total. The molecule has 3 aromatic carbocycles. The van der Waals surface area contributed by atoms with Gasteiger partial charge in [-0.2, -0.15) is 5.10 Å². The van der Waals surface area contributed by atoms with Crippen LogP contribution in [0.25, 0.3) is 0 Å². The van der Waals surface area contributed by atoms with E-state index in [4.69, 9.17) is 26.2 Å². The molecule has 3 aliphatic heterocycles. The SMILES string of the molecule is COc1cccc2c1OC1(CCN(Cc3ccccc3)CC1)N1N=C(c3ccccc3Cl)CC21. The van der Waals surface area contributed by atoms with E-state index in [-0.39, 0.29) is 6.04 Å². The van der Waals surface area contributed by atoms with Crippen molar-refractivity contribution >= 4 is 17.3 Å². The van der Waals surface area contributed by atoms with Gasteiger partial charge in [0.2, 0.25) is 5.72 Å². The first-order chi connectivity index (χ1) is 16.7. The molecule has 3 aromatic rings. The lowest BCUT2D eigenvalue weighted by molar-refractivity contribution is -0.151. The number of ether oxygens (including phenoxy) is 2. The van der Waals surface area contributed by atoms with E-state index < -0.39 is 5.72 Å². The normalized spacial score (nSPS) is 20.9. The number of hydrogen-bond donors (Lipinski definition) is 0. The van der Waals surface area contributed by atoms with Crippen LogP contribution in [0, 0.1) is 0 Å². The van der Waals surface area contributed by atoms with Gasteiger partial charge in [0.25, 0.3) is 0 Å². The molecule has 1 fully saturated rings. The van der Waals surface area contributed by atoms with Gasteiger partial charge in [-0.05, 0) is 17.7 Å². The van der Waals surface area contributed by atoms with E-state index in [1.165, 1.54) is 5.56 Å². The second-order valence-corrected chi connectivity index (χ2v) is 9.69. The molecule has 1 saturated heterocycles. The molecule has 1 atom stereocenters. The summed E-state index contributed by atoms with van der Waals surface area (Å²) in [6, 6.07) is 24.9. The first-order valence-electron chi connectivity index (χ1n) is 11.9. The summed E-state index contributed by atoms with van der Waals surface area (Å²) in [4.78, 5) is 2.51. The van der Waals surface area contributed by atoms with Gasteiger partial charge in [0.1, 0.15) is 0 Å². The molecule has 0 radical (unpaired) electrons. The standard InChI is InChI=1S/C28H28ClN3O2/c1-33-26-13-7-11-22-25-18-24(21-10-5-6-12-23(21)29)30-32(25)28(34-27(22)26)14-16-31(17-15-28)19-20-8-3-2-4-9-20/h2-13,25H,14-19H2,1H3. The van der Waals surface area contributed by atoms with Crippen molar-refractivity contribution in [2.75, 3.05) is 20.2 Å². The highest BCUT2D eigenvalue weighted by molar-refractivity contribution is 6.34. The smallest absolute Gasteiger partial charge is 0.200 e. The Morgan fingerprint density at radius 2 is 1.76 bits per heavy atom. The Kier molecular flexibility index (Phi) is 5.47. The molecule has 1 unspecified atom stereocenters. The molecule has 0 bridgehead atoms. The predicted molar refractivity (Wildman–Crippen MR) is 134 cm³/mol. The van der Waals surface area contributed by atoms with Crippen LogP contribution in [-0.2, 0) is 6.54 Å². The Morgan fingerprint density at radius 1 is 1.00 bits per heavy atom. The highest BCUT2D eigenvalue weighted by atomic mass is 35.5. The third-order valence-electron chi connectivity index (χ3n) is 7.28. The molecular formula is C28H28ClN3O2. The summed E-state index contributed by atoms with van der Waals surface area (Å²) in [5.41, 5.74) is 3.99. The van der Waals surface area contributed by atoms with E-state index in [2.05, 4.69) is 52.4 Å². The van der Waals surface area contributed by atoms with Crippen molar-refractivity contribution in [3.05, 3.63) is 94.5 Å². The van der Waals surface area contributed by atoms with Gasteiger partial charge in [-0.3, -0.25) is 4.90 Å². The van der Waals surface area contributed by atoms with Crippen LogP contribution < -0.4 is 9.47 Å². The summed E-state index contributed by atoms with van der Waals surface area (Å²) in [6.07, 6.45) is 2.53.